The molecular weight excluding hydrogens is 465 g/mol. The van der Waals surface area contributed by atoms with E-state index in [1.165, 1.54) is 36.4 Å². The Morgan fingerprint density at radius 1 is 1.06 bits per heavy atom. The summed E-state index contributed by atoms with van der Waals surface area (Å²) >= 11 is 6.03. The fraction of sp³-hybridized carbons (Fsp3) is 0.136. The van der Waals surface area contributed by atoms with Gasteiger partial charge in [0.25, 0.3) is 5.91 Å². The number of anilines is 2. The van der Waals surface area contributed by atoms with Gasteiger partial charge < -0.3 is 15.1 Å². The molecule has 0 radical (unpaired) electrons. The maximum absolute atomic E-state index is 12.8. The Morgan fingerprint density at radius 2 is 1.75 bits per heavy atom. The SMILES string of the molecule is CCS(=O)Nc1cc(NC(=O)c2ccc(-c3ccc(C(F)(F)F)cc3Cl)cc2)ccc1O. The zero-order valence-electron chi connectivity index (χ0n) is 16.7. The summed E-state index contributed by atoms with van der Waals surface area (Å²) in [4.78, 5) is 12.6. The molecule has 0 aliphatic heterocycles. The van der Waals surface area contributed by atoms with Crippen LogP contribution in [-0.4, -0.2) is 21.0 Å². The first kappa shape index (κ1) is 23.6. The quantitative estimate of drug-likeness (QED) is 0.294. The van der Waals surface area contributed by atoms with Crippen LogP contribution >= 0.6 is 11.6 Å². The molecule has 0 spiro atoms. The fourth-order valence-corrected chi connectivity index (χ4v) is 3.66. The van der Waals surface area contributed by atoms with Crippen molar-refractivity contribution in [2.75, 3.05) is 15.8 Å². The van der Waals surface area contributed by atoms with Crippen molar-refractivity contribution in [2.24, 2.45) is 0 Å². The van der Waals surface area contributed by atoms with E-state index in [1.807, 2.05) is 0 Å². The summed E-state index contributed by atoms with van der Waals surface area (Å²) in [6.45, 7) is 1.72. The number of hydrogen-bond acceptors (Lipinski definition) is 3. The van der Waals surface area contributed by atoms with Gasteiger partial charge in [-0.3, -0.25) is 4.79 Å². The predicted molar refractivity (Wildman–Crippen MR) is 120 cm³/mol. The molecule has 1 atom stereocenters. The predicted octanol–water partition coefficient (Wildman–Crippen LogP) is 6.08. The molecule has 3 rings (SSSR count). The normalized spacial score (nSPS) is 12.3. The van der Waals surface area contributed by atoms with Crippen LogP contribution in [0.15, 0.2) is 60.7 Å². The lowest BCUT2D eigenvalue weighted by Crippen LogP contribution is -2.12. The first-order valence-electron chi connectivity index (χ1n) is 9.35. The summed E-state index contributed by atoms with van der Waals surface area (Å²) in [6.07, 6.45) is -4.49. The molecule has 0 aliphatic carbocycles. The molecule has 0 saturated carbocycles. The second-order valence-electron chi connectivity index (χ2n) is 6.69. The molecule has 3 aromatic rings. The lowest BCUT2D eigenvalue weighted by atomic mass is 10.0. The van der Waals surface area contributed by atoms with Crippen LogP contribution in [-0.2, 0) is 17.2 Å². The topological polar surface area (TPSA) is 78.4 Å². The maximum Gasteiger partial charge on any atom is 0.416 e. The Balaban J connectivity index is 1.76. The highest BCUT2D eigenvalue weighted by Gasteiger charge is 2.30. The van der Waals surface area contributed by atoms with Gasteiger partial charge in [0.1, 0.15) is 16.7 Å². The van der Waals surface area contributed by atoms with Gasteiger partial charge in [-0.1, -0.05) is 36.7 Å². The summed E-state index contributed by atoms with van der Waals surface area (Å²) in [5.41, 5.74) is 1.01. The van der Waals surface area contributed by atoms with Crippen LogP contribution in [0.2, 0.25) is 5.02 Å². The van der Waals surface area contributed by atoms with Crippen molar-refractivity contribution in [3.8, 4) is 16.9 Å². The highest BCUT2D eigenvalue weighted by molar-refractivity contribution is 7.86. The molecule has 168 valence electrons. The number of phenolic OH excluding ortho intramolecular Hbond substituents is 1. The third-order valence-corrected chi connectivity index (χ3v) is 5.78. The Morgan fingerprint density at radius 3 is 2.34 bits per heavy atom. The molecule has 3 aromatic carbocycles. The fourth-order valence-electron chi connectivity index (χ4n) is 2.82. The van der Waals surface area contributed by atoms with Gasteiger partial charge in [-0.25, -0.2) is 4.21 Å². The van der Waals surface area contributed by atoms with E-state index >= 15 is 0 Å². The Hall–Kier alpha value is -3.04. The van der Waals surface area contributed by atoms with Gasteiger partial charge in [0.2, 0.25) is 0 Å². The molecule has 5 nitrogen and oxygen atoms in total. The summed E-state index contributed by atoms with van der Waals surface area (Å²) in [7, 11) is -1.37. The number of phenols is 1. The zero-order chi connectivity index (χ0) is 23.5. The molecule has 0 fully saturated rings. The average Bonchev–Trinajstić information content (AvgIpc) is 2.75. The van der Waals surface area contributed by atoms with Crippen molar-refractivity contribution in [1.29, 1.82) is 0 Å². The second kappa shape index (κ2) is 9.62. The van der Waals surface area contributed by atoms with E-state index in [0.717, 1.165) is 12.1 Å². The minimum Gasteiger partial charge on any atom is -0.506 e. The van der Waals surface area contributed by atoms with Crippen molar-refractivity contribution in [3.63, 3.8) is 0 Å². The van der Waals surface area contributed by atoms with E-state index in [2.05, 4.69) is 10.0 Å². The van der Waals surface area contributed by atoms with Crippen molar-refractivity contribution >= 4 is 39.9 Å². The lowest BCUT2D eigenvalue weighted by Gasteiger charge is -2.12. The van der Waals surface area contributed by atoms with E-state index in [0.29, 0.717) is 28.1 Å². The second-order valence-corrected chi connectivity index (χ2v) is 8.57. The third kappa shape index (κ3) is 5.60. The molecule has 0 aliphatic rings. The van der Waals surface area contributed by atoms with Crippen molar-refractivity contribution in [3.05, 3.63) is 76.8 Å². The van der Waals surface area contributed by atoms with Crippen LogP contribution in [0.25, 0.3) is 11.1 Å². The highest BCUT2D eigenvalue weighted by atomic mass is 35.5. The number of amides is 1. The third-order valence-electron chi connectivity index (χ3n) is 4.49. The molecule has 0 saturated heterocycles. The Labute approximate surface area is 189 Å². The number of carbonyl (C=O) groups excluding carboxylic acids is 1. The van der Waals surface area contributed by atoms with Crippen molar-refractivity contribution in [1.82, 2.24) is 0 Å². The van der Waals surface area contributed by atoms with Gasteiger partial charge in [0.05, 0.1) is 11.3 Å². The summed E-state index contributed by atoms with van der Waals surface area (Å²) in [5.74, 6) is -0.211. The van der Waals surface area contributed by atoms with Crippen LogP contribution in [0, 0.1) is 0 Å². The maximum atomic E-state index is 12.8. The number of hydrogen-bond donors (Lipinski definition) is 3. The molecule has 1 amide bonds. The lowest BCUT2D eigenvalue weighted by molar-refractivity contribution is -0.137. The number of aromatic hydroxyl groups is 1. The standard InChI is InChI=1S/C22H18ClF3N2O3S/c1-2-32(31)28-19-12-16(8-10-20(19)29)27-21(30)14-5-3-13(4-6-14)17-9-7-15(11-18(17)23)22(24,25)26/h3-12,28-29H,2H2,1H3,(H,27,30). The number of carbonyl (C=O) groups is 1. The summed E-state index contributed by atoms with van der Waals surface area (Å²) < 4.78 is 52.8. The number of rotatable bonds is 6. The molecule has 1 unspecified atom stereocenters. The van der Waals surface area contributed by atoms with Crippen LogP contribution in [0.3, 0.4) is 0 Å². The van der Waals surface area contributed by atoms with Gasteiger partial charge >= 0.3 is 6.18 Å². The average molecular weight is 483 g/mol. The van der Waals surface area contributed by atoms with Crippen LogP contribution in [0.4, 0.5) is 24.5 Å². The Kier molecular flexibility index (Phi) is 7.10. The van der Waals surface area contributed by atoms with Gasteiger partial charge in [-0.05, 0) is 48.0 Å². The Bertz CT molecular complexity index is 1170. The van der Waals surface area contributed by atoms with Crippen molar-refractivity contribution in [2.45, 2.75) is 13.1 Å². The first-order chi connectivity index (χ1) is 15.1. The molecule has 10 heteroatoms. The van der Waals surface area contributed by atoms with E-state index in [9.17, 15) is 27.3 Å². The van der Waals surface area contributed by atoms with Crippen molar-refractivity contribution < 1.29 is 27.3 Å². The minimum absolute atomic E-state index is 0.0504. The number of benzene rings is 3. The minimum atomic E-state index is -4.49. The number of nitrogens with one attached hydrogen (secondary N) is 2. The van der Waals surface area contributed by atoms with E-state index in [1.54, 1.807) is 19.1 Å². The largest absolute Gasteiger partial charge is 0.506 e. The molecular formula is C22H18ClF3N2O3S. The van der Waals surface area contributed by atoms with Crippen LogP contribution in [0.1, 0.15) is 22.8 Å². The summed E-state index contributed by atoms with van der Waals surface area (Å²) in [5, 5.41) is 12.5. The van der Waals surface area contributed by atoms with Gasteiger partial charge in [-0.15, -0.1) is 0 Å². The monoisotopic (exact) mass is 482 g/mol. The van der Waals surface area contributed by atoms with E-state index in [4.69, 9.17) is 11.6 Å². The highest BCUT2D eigenvalue weighted by Crippen LogP contribution is 2.35. The molecule has 32 heavy (non-hydrogen) atoms. The molecule has 0 heterocycles. The van der Waals surface area contributed by atoms with E-state index < -0.39 is 28.6 Å². The molecule has 3 N–H and O–H groups in total. The number of halogens is 4. The zero-order valence-corrected chi connectivity index (χ0v) is 18.2. The van der Waals surface area contributed by atoms with Crippen LogP contribution in [0.5, 0.6) is 5.75 Å². The van der Waals surface area contributed by atoms with Gasteiger partial charge in [0, 0.05) is 27.6 Å². The van der Waals surface area contributed by atoms with Crippen LogP contribution < -0.4 is 10.0 Å². The molecule has 0 aromatic heterocycles. The smallest absolute Gasteiger partial charge is 0.416 e. The number of alkyl halides is 3. The van der Waals surface area contributed by atoms with Gasteiger partial charge in [0.15, 0.2) is 0 Å². The van der Waals surface area contributed by atoms with E-state index in [-0.39, 0.29) is 16.5 Å². The van der Waals surface area contributed by atoms with Gasteiger partial charge in [-0.2, -0.15) is 13.2 Å². The first-order valence-corrected chi connectivity index (χ1v) is 11.0. The summed E-state index contributed by atoms with van der Waals surface area (Å²) in [6, 6.07) is 13.6. The molecule has 0 bridgehead atoms.